The number of rotatable bonds is 3. The standard InChI is InChI=1S/C10H13BrN2O/c1-7-5-8(11)3-4-9(7)13-10(14)6-12-2/h3-5,12H,6H2,1-2H3,(H,13,14)/p+1. The number of nitrogens with two attached hydrogens (primary N) is 1. The second-order valence-electron chi connectivity index (χ2n) is 3.12. The van der Waals surface area contributed by atoms with Gasteiger partial charge in [0, 0.05) is 10.2 Å². The summed E-state index contributed by atoms with van der Waals surface area (Å²) in [4.78, 5) is 11.3. The van der Waals surface area contributed by atoms with Crippen LogP contribution < -0.4 is 10.6 Å². The Morgan fingerprint density at radius 1 is 1.57 bits per heavy atom. The lowest BCUT2D eigenvalue weighted by Gasteiger charge is -2.07. The molecule has 4 heteroatoms. The first-order chi connectivity index (χ1) is 6.63. The molecule has 1 rings (SSSR count). The van der Waals surface area contributed by atoms with Crippen LogP contribution in [0, 0.1) is 6.92 Å². The topological polar surface area (TPSA) is 45.7 Å². The second-order valence-corrected chi connectivity index (χ2v) is 4.04. The minimum Gasteiger partial charge on any atom is -0.341 e. The molecule has 0 fully saturated rings. The van der Waals surface area contributed by atoms with E-state index in [1.54, 1.807) is 0 Å². The van der Waals surface area contributed by atoms with Crippen molar-refractivity contribution in [3.63, 3.8) is 0 Å². The Hall–Kier alpha value is -0.870. The summed E-state index contributed by atoms with van der Waals surface area (Å²) in [6.45, 7) is 2.42. The van der Waals surface area contributed by atoms with E-state index in [4.69, 9.17) is 0 Å². The van der Waals surface area contributed by atoms with E-state index in [0.29, 0.717) is 6.54 Å². The van der Waals surface area contributed by atoms with Gasteiger partial charge in [0.2, 0.25) is 0 Å². The maximum absolute atomic E-state index is 11.3. The average molecular weight is 258 g/mol. The lowest BCUT2D eigenvalue weighted by atomic mass is 10.2. The molecule has 0 spiro atoms. The number of hydrogen-bond acceptors (Lipinski definition) is 1. The fourth-order valence-electron chi connectivity index (χ4n) is 1.15. The molecule has 1 aromatic carbocycles. The van der Waals surface area contributed by atoms with Crippen LogP contribution in [0.4, 0.5) is 5.69 Å². The summed E-state index contributed by atoms with van der Waals surface area (Å²) < 4.78 is 1.02. The van der Waals surface area contributed by atoms with Crippen LogP contribution in [0.5, 0.6) is 0 Å². The molecule has 0 atom stereocenters. The number of carbonyl (C=O) groups is 1. The maximum Gasteiger partial charge on any atom is 0.279 e. The first-order valence-corrected chi connectivity index (χ1v) is 5.26. The zero-order valence-corrected chi connectivity index (χ0v) is 9.89. The molecule has 1 aromatic rings. The Morgan fingerprint density at radius 2 is 2.29 bits per heavy atom. The van der Waals surface area contributed by atoms with Gasteiger partial charge >= 0.3 is 0 Å². The van der Waals surface area contributed by atoms with E-state index >= 15 is 0 Å². The van der Waals surface area contributed by atoms with Crippen LogP contribution >= 0.6 is 15.9 Å². The first-order valence-electron chi connectivity index (χ1n) is 4.47. The van der Waals surface area contributed by atoms with Gasteiger partial charge < -0.3 is 10.6 Å². The molecule has 0 aliphatic rings. The van der Waals surface area contributed by atoms with Crippen LogP contribution in [0.3, 0.4) is 0 Å². The summed E-state index contributed by atoms with van der Waals surface area (Å²) in [6.07, 6.45) is 0. The van der Waals surface area contributed by atoms with Gasteiger partial charge in [-0.05, 0) is 30.7 Å². The molecule has 0 aliphatic carbocycles. The first kappa shape index (κ1) is 11.2. The molecule has 76 valence electrons. The number of nitrogens with one attached hydrogen (secondary N) is 1. The predicted octanol–water partition coefficient (Wildman–Crippen LogP) is 0.889. The molecule has 0 aromatic heterocycles. The molecule has 0 unspecified atom stereocenters. The third-order valence-corrected chi connectivity index (χ3v) is 2.35. The average Bonchev–Trinajstić information content (AvgIpc) is 2.10. The summed E-state index contributed by atoms with van der Waals surface area (Å²) in [6, 6.07) is 5.79. The summed E-state index contributed by atoms with van der Waals surface area (Å²) in [5.41, 5.74) is 1.93. The van der Waals surface area contributed by atoms with Crippen molar-refractivity contribution in [1.29, 1.82) is 0 Å². The Morgan fingerprint density at radius 3 is 2.86 bits per heavy atom. The van der Waals surface area contributed by atoms with E-state index in [0.717, 1.165) is 15.7 Å². The van der Waals surface area contributed by atoms with Gasteiger partial charge in [0.05, 0.1) is 7.05 Å². The zero-order chi connectivity index (χ0) is 10.6. The fourth-order valence-corrected chi connectivity index (χ4v) is 1.63. The van der Waals surface area contributed by atoms with E-state index < -0.39 is 0 Å². The van der Waals surface area contributed by atoms with Crippen LogP contribution in [0.15, 0.2) is 22.7 Å². The van der Waals surface area contributed by atoms with Crippen LogP contribution in [-0.4, -0.2) is 19.5 Å². The van der Waals surface area contributed by atoms with Gasteiger partial charge in [0.25, 0.3) is 5.91 Å². The van der Waals surface area contributed by atoms with Crippen molar-refractivity contribution in [3.05, 3.63) is 28.2 Å². The lowest BCUT2D eigenvalue weighted by molar-refractivity contribution is -0.615. The lowest BCUT2D eigenvalue weighted by Crippen LogP contribution is -2.82. The van der Waals surface area contributed by atoms with E-state index in [1.165, 1.54) is 0 Å². The highest BCUT2D eigenvalue weighted by molar-refractivity contribution is 9.10. The quantitative estimate of drug-likeness (QED) is 0.831. The van der Waals surface area contributed by atoms with Gasteiger partial charge in [0.15, 0.2) is 6.54 Å². The van der Waals surface area contributed by atoms with E-state index in [1.807, 2.05) is 37.5 Å². The van der Waals surface area contributed by atoms with Crippen LogP contribution in [-0.2, 0) is 4.79 Å². The molecule has 0 radical (unpaired) electrons. The van der Waals surface area contributed by atoms with Crippen molar-refractivity contribution in [2.75, 3.05) is 18.9 Å². The zero-order valence-electron chi connectivity index (χ0n) is 8.30. The number of quaternary nitrogens is 1. The second kappa shape index (κ2) is 5.12. The summed E-state index contributed by atoms with van der Waals surface area (Å²) in [5.74, 6) is 0.0259. The molecule has 0 saturated carbocycles. The van der Waals surface area contributed by atoms with Crippen molar-refractivity contribution in [1.82, 2.24) is 0 Å². The number of aryl methyl sites for hydroxylation is 1. The van der Waals surface area contributed by atoms with Crippen LogP contribution in [0.1, 0.15) is 5.56 Å². The highest BCUT2D eigenvalue weighted by Crippen LogP contribution is 2.19. The van der Waals surface area contributed by atoms with Crippen molar-refractivity contribution in [3.8, 4) is 0 Å². The summed E-state index contributed by atoms with van der Waals surface area (Å²) in [7, 11) is 1.87. The minimum absolute atomic E-state index is 0.0259. The monoisotopic (exact) mass is 257 g/mol. The normalized spacial score (nSPS) is 9.93. The molecule has 3 nitrogen and oxygen atoms in total. The summed E-state index contributed by atoms with van der Waals surface area (Å²) in [5, 5.41) is 4.68. The van der Waals surface area contributed by atoms with Crippen LogP contribution in [0.2, 0.25) is 0 Å². The molecule has 14 heavy (non-hydrogen) atoms. The van der Waals surface area contributed by atoms with E-state index in [2.05, 4.69) is 21.2 Å². The van der Waals surface area contributed by atoms with E-state index in [9.17, 15) is 4.79 Å². The minimum atomic E-state index is 0.0259. The SMILES string of the molecule is C[NH2+]CC(=O)Nc1ccc(Br)cc1C. The number of carbonyl (C=O) groups excluding carboxylic acids is 1. The predicted molar refractivity (Wildman–Crippen MR) is 60.2 cm³/mol. The largest absolute Gasteiger partial charge is 0.341 e. The third kappa shape index (κ3) is 3.12. The molecule has 0 aliphatic heterocycles. The Labute approximate surface area is 92.0 Å². The molecular formula is C10H14BrN2O+. The van der Waals surface area contributed by atoms with Crippen LogP contribution in [0.25, 0.3) is 0 Å². The number of likely N-dealkylation sites (N-methyl/N-ethyl adjacent to an activating group) is 1. The van der Waals surface area contributed by atoms with Gasteiger partial charge in [-0.25, -0.2) is 0 Å². The molecule has 3 N–H and O–H groups in total. The van der Waals surface area contributed by atoms with Crippen molar-refractivity contribution >= 4 is 27.5 Å². The number of amides is 1. The van der Waals surface area contributed by atoms with Gasteiger partial charge in [0.1, 0.15) is 0 Å². The number of hydrogen-bond donors (Lipinski definition) is 2. The van der Waals surface area contributed by atoms with Gasteiger partial charge in [-0.3, -0.25) is 4.79 Å². The number of benzene rings is 1. The molecule has 0 saturated heterocycles. The molecule has 0 heterocycles. The highest BCUT2D eigenvalue weighted by atomic mass is 79.9. The fraction of sp³-hybridized carbons (Fsp3) is 0.300. The van der Waals surface area contributed by atoms with Crippen molar-refractivity contribution < 1.29 is 10.1 Å². The Kier molecular flexibility index (Phi) is 4.10. The van der Waals surface area contributed by atoms with Gasteiger partial charge in [-0.15, -0.1) is 0 Å². The van der Waals surface area contributed by atoms with Crippen molar-refractivity contribution in [2.45, 2.75) is 6.92 Å². The van der Waals surface area contributed by atoms with Gasteiger partial charge in [-0.1, -0.05) is 15.9 Å². The highest BCUT2D eigenvalue weighted by Gasteiger charge is 2.04. The Bertz CT molecular complexity index is 339. The number of anilines is 1. The molecule has 0 bridgehead atoms. The number of halogens is 1. The third-order valence-electron chi connectivity index (χ3n) is 1.85. The van der Waals surface area contributed by atoms with E-state index in [-0.39, 0.29) is 5.91 Å². The summed E-state index contributed by atoms with van der Waals surface area (Å²) >= 11 is 3.37. The Balaban J connectivity index is 2.72. The molecular weight excluding hydrogens is 244 g/mol. The maximum atomic E-state index is 11.3. The smallest absolute Gasteiger partial charge is 0.279 e. The van der Waals surface area contributed by atoms with Crippen molar-refractivity contribution in [2.24, 2.45) is 0 Å². The molecule has 1 amide bonds. The van der Waals surface area contributed by atoms with Gasteiger partial charge in [-0.2, -0.15) is 0 Å².